The predicted octanol–water partition coefficient (Wildman–Crippen LogP) is 6.00. The lowest BCUT2D eigenvalue weighted by Gasteiger charge is -2.10. The van der Waals surface area contributed by atoms with Crippen LogP contribution in [0, 0.1) is 0 Å². The van der Waals surface area contributed by atoms with E-state index in [0.29, 0.717) is 27.4 Å². The van der Waals surface area contributed by atoms with Crippen molar-refractivity contribution in [3.05, 3.63) is 101 Å². The first-order valence-electron chi connectivity index (χ1n) is 10.6. The SMILES string of the molecule is O=C(O)CCc1cc2cc(Cl)ccc2n1S(=O)(=O)CC=Cc1ccc(Oc2ccccc2)cc1. The van der Waals surface area contributed by atoms with E-state index in [9.17, 15) is 13.2 Å². The van der Waals surface area contributed by atoms with Gasteiger partial charge in [0.1, 0.15) is 11.5 Å². The number of halogens is 1. The highest BCUT2D eigenvalue weighted by Crippen LogP contribution is 2.27. The lowest BCUT2D eigenvalue weighted by molar-refractivity contribution is -0.136. The summed E-state index contributed by atoms with van der Waals surface area (Å²) in [5.41, 5.74) is 1.71. The molecule has 4 rings (SSSR count). The van der Waals surface area contributed by atoms with Crippen molar-refractivity contribution in [1.29, 1.82) is 0 Å². The van der Waals surface area contributed by atoms with Gasteiger partial charge in [-0.25, -0.2) is 12.4 Å². The van der Waals surface area contributed by atoms with Gasteiger partial charge in [0.2, 0.25) is 10.0 Å². The van der Waals surface area contributed by atoms with E-state index in [1.807, 2.05) is 54.6 Å². The minimum atomic E-state index is -3.78. The number of ether oxygens (including phenoxy) is 1. The molecule has 34 heavy (non-hydrogen) atoms. The number of aromatic nitrogens is 1. The first-order chi connectivity index (χ1) is 16.3. The van der Waals surface area contributed by atoms with Crippen molar-refractivity contribution in [2.24, 2.45) is 0 Å². The fourth-order valence-corrected chi connectivity index (χ4v) is 5.24. The third kappa shape index (κ3) is 5.68. The number of para-hydroxylation sites is 1. The Bertz CT molecular complexity index is 1440. The minimum Gasteiger partial charge on any atom is -0.481 e. The maximum Gasteiger partial charge on any atom is 0.303 e. The maximum absolute atomic E-state index is 13.2. The monoisotopic (exact) mass is 495 g/mol. The van der Waals surface area contributed by atoms with Crippen LogP contribution in [-0.4, -0.2) is 29.2 Å². The van der Waals surface area contributed by atoms with Crippen LogP contribution >= 0.6 is 11.6 Å². The molecule has 0 aliphatic carbocycles. The van der Waals surface area contributed by atoms with Crippen molar-refractivity contribution in [2.45, 2.75) is 12.8 Å². The Morgan fingerprint density at radius 1 is 0.971 bits per heavy atom. The van der Waals surface area contributed by atoms with Crippen LogP contribution in [-0.2, 0) is 21.2 Å². The molecular weight excluding hydrogens is 474 g/mol. The quantitative estimate of drug-likeness (QED) is 0.308. The van der Waals surface area contributed by atoms with Gasteiger partial charge in [-0.1, -0.05) is 54.1 Å². The molecule has 0 fully saturated rings. The zero-order valence-electron chi connectivity index (χ0n) is 18.1. The molecule has 1 N–H and O–H groups in total. The molecule has 6 nitrogen and oxygen atoms in total. The van der Waals surface area contributed by atoms with Crippen molar-refractivity contribution >= 4 is 44.6 Å². The lowest BCUT2D eigenvalue weighted by atomic mass is 10.2. The average molecular weight is 496 g/mol. The molecule has 4 aromatic rings. The topological polar surface area (TPSA) is 85.6 Å². The van der Waals surface area contributed by atoms with Crippen molar-refractivity contribution in [1.82, 2.24) is 3.97 Å². The maximum atomic E-state index is 13.2. The molecule has 1 heterocycles. The van der Waals surface area contributed by atoms with E-state index in [0.717, 1.165) is 11.3 Å². The molecule has 0 amide bonds. The van der Waals surface area contributed by atoms with Crippen LogP contribution in [0.2, 0.25) is 5.02 Å². The summed E-state index contributed by atoms with van der Waals surface area (Å²) in [6.07, 6.45) is 3.22. The number of hydrogen-bond acceptors (Lipinski definition) is 4. The fourth-order valence-electron chi connectivity index (χ4n) is 3.61. The van der Waals surface area contributed by atoms with Gasteiger partial charge < -0.3 is 9.84 Å². The Kier molecular flexibility index (Phi) is 7.05. The Morgan fingerprint density at radius 3 is 2.38 bits per heavy atom. The number of carboxylic acids is 1. The van der Waals surface area contributed by atoms with Gasteiger partial charge >= 0.3 is 5.97 Å². The molecule has 0 bridgehead atoms. The van der Waals surface area contributed by atoms with Crippen molar-refractivity contribution in [2.75, 3.05) is 5.75 Å². The van der Waals surface area contributed by atoms with Gasteiger partial charge in [0.15, 0.2) is 0 Å². The zero-order chi connectivity index (χ0) is 24.1. The summed E-state index contributed by atoms with van der Waals surface area (Å²) >= 11 is 6.06. The average Bonchev–Trinajstić information content (AvgIpc) is 3.18. The molecule has 0 aliphatic heterocycles. The molecule has 0 saturated carbocycles. The third-order valence-corrected chi connectivity index (χ3v) is 6.98. The number of carbonyl (C=O) groups is 1. The Hall–Kier alpha value is -3.55. The van der Waals surface area contributed by atoms with Gasteiger partial charge in [-0.15, -0.1) is 0 Å². The normalized spacial score (nSPS) is 11.8. The highest BCUT2D eigenvalue weighted by atomic mass is 35.5. The smallest absolute Gasteiger partial charge is 0.303 e. The lowest BCUT2D eigenvalue weighted by Crippen LogP contribution is -2.18. The van der Waals surface area contributed by atoms with Gasteiger partial charge in [-0.3, -0.25) is 4.79 Å². The molecule has 0 aliphatic rings. The second kappa shape index (κ2) is 10.2. The Labute approximate surface area is 202 Å². The molecular formula is C26H22ClNO5S. The first kappa shape index (κ1) is 23.6. The summed E-state index contributed by atoms with van der Waals surface area (Å²) in [5.74, 6) is 0.168. The van der Waals surface area contributed by atoms with Crippen LogP contribution < -0.4 is 4.74 Å². The van der Waals surface area contributed by atoms with Crippen LogP contribution in [0.5, 0.6) is 11.5 Å². The van der Waals surface area contributed by atoms with Crippen LogP contribution in [0.3, 0.4) is 0 Å². The number of nitrogens with zero attached hydrogens (tertiary/aromatic N) is 1. The number of aryl methyl sites for hydroxylation is 1. The summed E-state index contributed by atoms with van der Waals surface area (Å²) in [5, 5.41) is 10.2. The summed E-state index contributed by atoms with van der Waals surface area (Å²) in [7, 11) is -3.78. The van der Waals surface area contributed by atoms with Crippen LogP contribution in [0.4, 0.5) is 0 Å². The molecule has 0 atom stereocenters. The van der Waals surface area contributed by atoms with Crippen molar-refractivity contribution < 1.29 is 23.1 Å². The summed E-state index contributed by atoms with van der Waals surface area (Å²) in [6, 6.07) is 23.3. The predicted molar refractivity (Wildman–Crippen MR) is 134 cm³/mol. The van der Waals surface area contributed by atoms with E-state index in [2.05, 4.69) is 0 Å². The summed E-state index contributed by atoms with van der Waals surface area (Å²) in [6.45, 7) is 0. The number of hydrogen-bond donors (Lipinski definition) is 1. The molecule has 174 valence electrons. The minimum absolute atomic E-state index is 0.0907. The largest absolute Gasteiger partial charge is 0.481 e. The molecule has 0 saturated heterocycles. The van der Waals surface area contributed by atoms with Gasteiger partial charge in [0, 0.05) is 16.1 Å². The Morgan fingerprint density at radius 2 is 1.68 bits per heavy atom. The highest BCUT2D eigenvalue weighted by molar-refractivity contribution is 7.90. The molecule has 8 heteroatoms. The number of carboxylic acid groups (broad SMARTS) is 1. The number of fused-ring (bicyclic) bond motifs is 1. The second-order valence-corrected chi connectivity index (χ2v) is 9.96. The first-order valence-corrected chi connectivity index (χ1v) is 12.5. The van der Waals surface area contributed by atoms with Gasteiger partial charge in [0.05, 0.1) is 17.7 Å². The van der Waals surface area contributed by atoms with Crippen LogP contribution in [0.15, 0.2) is 84.9 Å². The highest BCUT2D eigenvalue weighted by Gasteiger charge is 2.20. The van der Waals surface area contributed by atoms with Gasteiger partial charge in [-0.05, 0) is 60.5 Å². The molecule has 3 aromatic carbocycles. The Balaban J connectivity index is 1.52. The van der Waals surface area contributed by atoms with E-state index in [1.54, 1.807) is 36.4 Å². The second-order valence-electron chi connectivity index (χ2n) is 7.66. The molecule has 0 unspecified atom stereocenters. The zero-order valence-corrected chi connectivity index (χ0v) is 19.7. The van der Waals surface area contributed by atoms with Gasteiger partial charge in [-0.2, -0.15) is 0 Å². The van der Waals surface area contributed by atoms with E-state index in [1.165, 1.54) is 3.97 Å². The summed E-state index contributed by atoms with van der Waals surface area (Å²) in [4.78, 5) is 11.1. The van der Waals surface area contributed by atoms with E-state index in [-0.39, 0.29) is 18.6 Å². The van der Waals surface area contributed by atoms with Crippen LogP contribution in [0.1, 0.15) is 17.7 Å². The fraction of sp³-hybridized carbons (Fsp3) is 0.115. The number of rotatable bonds is 9. The third-order valence-electron chi connectivity index (χ3n) is 5.14. The van der Waals surface area contributed by atoms with E-state index >= 15 is 0 Å². The number of aliphatic carboxylic acids is 1. The standard InChI is InChI=1S/C26H22ClNO5S/c27-21-10-14-25-20(17-21)18-22(11-15-26(29)30)28(25)34(31,32)16-4-5-19-8-12-24(13-9-19)33-23-6-2-1-3-7-23/h1-10,12-14,17-18H,11,15-16H2,(H,29,30). The molecule has 0 spiro atoms. The van der Waals surface area contributed by atoms with E-state index in [4.69, 9.17) is 21.4 Å². The molecule has 1 aromatic heterocycles. The van der Waals surface area contributed by atoms with Crippen molar-refractivity contribution in [3.63, 3.8) is 0 Å². The summed E-state index contributed by atoms with van der Waals surface area (Å²) < 4.78 is 33.4. The number of benzene rings is 3. The van der Waals surface area contributed by atoms with Crippen LogP contribution in [0.25, 0.3) is 17.0 Å². The van der Waals surface area contributed by atoms with Crippen molar-refractivity contribution in [3.8, 4) is 11.5 Å². The van der Waals surface area contributed by atoms with Gasteiger partial charge in [0.25, 0.3) is 0 Å². The van der Waals surface area contributed by atoms with E-state index < -0.39 is 16.0 Å². The molecule has 0 radical (unpaired) electrons.